The average Bonchev–Trinajstić information content (AvgIpc) is 0.828. The van der Waals surface area contributed by atoms with Gasteiger partial charge in [-0.25, -0.2) is 0 Å². The average molecular weight is 1660 g/mol. The van der Waals surface area contributed by atoms with E-state index in [4.69, 9.17) is 20.4 Å². The molecule has 0 unspecified atom stereocenters. The molecule has 4 aromatic heterocycles. The SMILES string of the molecule is Cc1ccc(N(c2cc(C(C)C)c3ccc4c(N(c5ccc(C)cc5)c5cccc6c5oc5ccccc56)cc5c6c(cc2c3c46)C(C)(C)CC5)c2cccc3c2oc2ccccc23)cc1.[2H]c1ccc(N(c2cc(C)c3ccc4c(N(c5ccc([2H])cc5)c5cccc6c5oc5ccccc56)cc5c6c(cc2c3c46)C(C)(C)CC5)c2cccc3c2oc2ccccc23)cc1. The van der Waals surface area contributed by atoms with Gasteiger partial charge in [0.25, 0.3) is 0 Å². The summed E-state index contributed by atoms with van der Waals surface area (Å²) in [6, 6.07) is 118. The highest BCUT2D eigenvalue weighted by Gasteiger charge is 2.38. The fourth-order valence-corrected chi connectivity index (χ4v) is 22.0. The van der Waals surface area contributed by atoms with Crippen LogP contribution in [0.5, 0.6) is 0 Å². The van der Waals surface area contributed by atoms with Crippen LogP contribution in [0.4, 0.5) is 68.2 Å². The van der Waals surface area contributed by atoms with Crippen molar-refractivity contribution in [2.75, 3.05) is 19.6 Å². The summed E-state index contributed by atoms with van der Waals surface area (Å²) in [6.45, 7) is 20.9. The summed E-state index contributed by atoms with van der Waals surface area (Å²) >= 11 is 0. The maximum atomic E-state index is 8.48. The molecule has 8 heteroatoms. The molecule has 128 heavy (non-hydrogen) atoms. The zero-order valence-electron chi connectivity index (χ0n) is 75.0. The molecular formula is C120H92N4O4. The second-order valence-electron chi connectivity index (χ2n) is 37.3. The van der Waals surface area contributed by atoms with Gasteiger partial charge in [0.1, 0.15) is 22.3 Å². The number of anilines is 12. The first kappa shape index (κ1) is 73.3. The largest absolute Gasteiger partial charge is 0.454 e. The van der Waals surface area contributed by atoms with Gasteiger partial charge in [-0.3, -0.25) is 0 Å². The number of aryl methyl sites for hydroxylation is 5. The molecule has 4 heterocycles. The number of benzene rings is 20. The van der Waals surface area contributed by atoms with Crippen LogP contribution in [0, 0.1) is 20.8 Å². The van der Waals surface area contributed by atoms with E-state index in [1.807, 2.05) is 48.5 Å². The molecule has 0 aliphatic heterocycles. The first-order valence-corrected chi connectivity index (χ1v) is 45.0. The Labute approximate surface area is 744 Å². The number of hydrogen-bond donors (Lipinski definition) is 0. The van der Waals surface area contributed by atoms with E-state index in [1.165, 1.54) is 104 Å². The molecule has 8 nitrogen and oxygen atoms in total. The van der Waals surface area contributed by atoms with E-state index < -0.39 is 0 Å². The lowest BCUT2D eigenvalue weighted by Crippen LogP contribution is -2.24. The van der Waals surface area contributed by atoms with Gasteiger partial charge < -0.3 is 37.3 Å². The van der Waals surface area contributed by atoms with Crippen molar-refractivity contribution < 1.29 is 20.4 Å². The standard InChI is InChI=1S/C62H50N2O2.C58H42N2O2/c1-36(2)48-35-54(64(41-27-23-38(4)24-28-41)52-18-12-16-46-43-14-8-10-20-56(43)66-61(46)52)49-34-50-57-39(31-32-62(50,5)6)33-53(47-30-29-44(48)58(49)59(47)57)63(40-25-21-37(3)22-26-40)51-17-11-15-45-42-13-7-9-19-55(42)65-60(45)51;1-35-32-49(59(37-16-6-4-7-17-37)47-24-14-22-42-40-20-10-12-26-51(40)61-56(42)47)45-34-46-53-36(30-31-58(46,2)3)33-50(44-29-28-39(35)54(45)55(44)53)60(38-18-8-5-9-19-38)48-25-15-23-43-41-21-11-13-27-52(41)62-57(43)48/h7-30,33-36H,31-32H2,1-6H3;4-29,32-34H,30-31H2,1-3H3/i;4D,5D. The van der Waals surface area contributed by atoms with E-state index in [-0.39, 0.29) is 16.7 Å². The van der Waals surface area contributed by atoms with E-state index in [0.29, 0.717) is 12.1 Å². The highest BCUT2D eigenvalue weighted by atomic mass is 16.3. The van der Waals surface area contributed by atoms with Crippen LogP contribution >= 0.6 is 0 Å². The molecule has 0 amide bonds. The quantitative estimate of drug-likeness (QED) is 0.106. The molecule has 0 saturated heterocycles. The summed E-state index contributed by atoms with van der Waals surface area (Å²) in [7, 11) is 0. The maximum absolute atomic E-state index is 8.48. The van der Waals surface area contributed by atoms with Crippen LogP contribution in [-0.2, 0) is 23.7 Å². The van der Waals surface area contributed by atoms with E-state index in [2.05, 4.69) is 361 Å². The molecule has 0 bridgehead atoms. The molecular weight excluding hydrogens is 1560 g/mol. The zero-order chi connectivity index (χ0) is 87.6. The number of para-hydroxylation sites is 10. The van der Waals surface area contributed by atoms with Gasteiger partial charge in [0.05, 0.1) is 48.2 Å². The van der Waals surface area contributed by atoms with E-state index in [9.17, 15) is 0 Å². The molecule has 616 valence electrons. The van der Waals surface area contributed by atoms with E-state index >= 15 is 0 Å². The number of nitrogens with zero attached hydrogens (tertiary/aromatic N) is 4. The minimum atomic E-state index is -0.0938. The summed E-state index contributed by atoms with van der Waals surface area (Å²) < 4.78 is 44.2. The normalized spacial score (nSPS) is 14.0. The summed E-state index contributed by atoms with van der Waals surface area (Å²) in [5, 5.41) is 24.0. The van der Waals surface area contributed by atoms with Crippen molar-refractivity contribution in [3.63, 3.8) is 0 Å². The fourth-order valence-electron chi connectivity index (χ4n) is 22.0. The maximum Gasteiger partial charge on any atom is 0.159 e. The summed E-state index contributed by atoms with van der Waals surface area (Å²) in [4.78, 5) is 9.66. The Hall–Kier alpha value is -15.1. The highest BCUT2D eigenvalue weighted by Crippen LogP contribution is 2.60. The summed E-state index contributed by atoms with van der Waals surface area (Å²) in [6.07, 6.45) is 3.99. The van der Waals surface area contributed by atoms with Crippen LogP contribution in [0.1, 0.15) is 108 Å². The van der Waals surface area contributed by atoms with Gasteiger partial charge in [0, 0.05) is 98.2 Å². The Balaban J connectivity index is 0.000000140. The molecule has 2 aliphatic carbocycles. The second-order valence-corrected chi connectivity index (χ2v) is 37.3. The Morgan fingerprint density at radius 2 is 0.578 bits per heavy atom. The number of fused-ring (bicyclic) bond motifs is 12. The lowest BCUT2D eigenvalue weighted by Gasteiger charge is -2.37. The monoisotopic (exact) mass is 1650 g/mol. The van der Waals surface area contributed by atoms with Crippen molar-refractivity contribution in [3.05, 3.63) is 384 Å². The molecule has 24 aromatic rings. The topological polar surface area (TPSA) is 65.5 Å². The molecule has 0 spiro atoms. The van der Waals surface area contributed by atoms with Crippen LogP contribution in [0.2, 0.25) is 0 Å². The van der Waals surface area contributed by atoms with Gasteiger partial charge in [-0.15, -0.1) is 0 Å². The molecule has 26 rings (SSSR count). The third kappa shape index (κ3) is 11.4. The molecule has 0 radical (unpaired) electrons. The van der Waals surface area contributed by atoms with Crippen LogP contribution in [-0.4, -0.2) is 0 Å². The molecule has 0 N–H and O–H groups in total. The van der Waals surface area contributed by atoms with Gasteiger partial charge in [-0.1, -0.05) is 259 Å². The van der Waals surface area contributed by atoms with Crippen molar-refractivity contribution in [2.45, 2.75) is 105 Å². The lowest BCUT2D eigenvalue weighted by molar-refractivity contribution is 0.475. The third-order valence-electron chi connectivity index (χ3n) is 28.4. The molecule has 0 atom stereocenters. The van der Waals surface area contributed by atoms with Gasteiger partial charge in [0.15, 0.2) is 22.3 Å². The predicted molar refractivity (Wildman–Crippen MR) is 539 cm³/mol. The predicted octanol–water partition coefficient (Wildman–Crippen LogP) is 35.1. The van der Waals surface area contributed by atoms with Crippen molar-refractivity contribution in [3.8, 4) is 0 Å². The Morgan fingerprint density at radius 3 is 0.945 bits per heavy atom. The van der Waals surface area contributed by atoms with Gasteiger partial charge in [-0.2, -0.15) is 0 Å². The first-order valence-electron chi connectivity index (χ1n) is 46.0. The van der Waals surface area contributed by atoms with Crippen molar-refractivity contribution in [1.29, 1.82) is 0 Å². The van der Waals surface area contributed by atoms with Gasteiger partial charge >= 0.3 is 0 Å². The summed E-state index contributed by atoms with van der Waals surface area (Å²) in [5.74, 6) is 0.257. The van der Waals surface area contributed by atoms with Crippen molar-refractivity contribution in [1.82, 2.24) is 0 Å². The van der Waals surface area contributed by atoms with E-state index in [0.717, 1.165) is 187 Å². The van der Waals surface area contributed by atoms with Gasteiger partial charge in [0.2, 0.25) is 0 Å². The zero-order valence-corrected chi connectivity index (χ0v) is 73.0. The van der Waals surface area contributed by atoms with Crippen molar-refractivity contribution in [2.24, 2.45) is 0 Å². The molecule has 0 saturated carbocycles. The second kappa shape index (κ2) is 28.5. The first-order chi connectivity index (χ1) is 63.3. The molecule has 0 fully saturated rings. The third-order valence-corrected chi connectivity index (χ3v) is 28.4. The van der Waals surface area contributed by atoms with Crippen LogP contribution in [0.3, 0.4) is 0 Å². The highest BCUT2D eigenvalue weighted by molar-refractivity contribution is 6.33. The molecule has 20 aromatic carbocycles. The Bertz CT molecular complexity index is 8790. The van der Waals surface area contributed by atoms with Crippen LogP contribution < -0.4 is 19.6 Å². The van der Waals surface area contributed by atoms with Crippen molar-refractivity contribution >= 4 is 221 Å². The Kier molecular flexibility index (Phi) is 16.3. The summed E-state index contributed by atoms with van der Waals surface area (Å²) in [5.41, 5.74) is 29.7. The minimum Gasteiger partial charge on any atom is -0.454 e. The smallest absolute Gasteiger partial charge is 0.159 e. The fraction of sp³-hybridized carbons (Fsp3) is 0.133. The number of rotatable bonds is 13. The minimum absolute atomic E-state index is 0.0563. The number of hydrogen-bond acceptors (Lipinski definition) is 8. The van der Waals surface area contributed by atoms with Gasteiger partial charge in [-0.05, 0) is 262 Å². The molecule has 2 aliphatic rings. The Morgan fingerprint density at radius 1 is 0.266 bits per heavy atom. The van der Waals surface area contributed by atoms with E-state index in [1.54, 1.807) is 0 Å². The lowest BCUT2D eigenvalue weighted by atomic mass is 9.70. The van der Waals surface area contributed by atoms with Crippen LogP contribution in [0.25, 0.3) is 152 Å². The number of furan rings is 4. The van der Waals surface area contributed by atoms with Crippen LogP contribution in [0.15, 0.2) is 357 Å².